The molecule has 0 atom stereocenters. The minimum Gasteiger partial charge on any atom is -0.496 e. The van der Waals surface area contributed by atoms with Crippen LogP contribution >= 0.6 is 0 Å². The van der Waals surface area contributed by atoms with Gasteiger partial charge >= 0.3 is 0 Å². The van der Waals surface area contributed by atoms with E-state index in [1.165, 1.54) is 25.3 Å². The van der Waals surface area contributed by atoms with Crippen molar-refractivity contribution in [2.45, 2.75) is 13.8 Å². The lowest BCUT2D eigenvalue weighted by Gasteiger charge is -2.18. The van der Waals surface area contributed by atoms with Crippen LogP contribution in [0.25, 0.3) is 5.57 Å². The van der Waals surface area contributed by atoms with Crippen LogP contribution in [0.3, 0.4) is 0 Å². The van der Waals surface area contributed by atoms with Gasteiger partial charge < -0.3 is 10.1 Å². The molecule has 4 rings (SSSR count). The number of rotatable bonds is 5. The normalized spacial score (nSPS) is 13.7. The second-order valence-electron chi connectivity index (χ2n) is 7.32. The number of hydrogen-bond acceptors (Lipinski definition) is 4. The summed E-state index contributed by atoms with van der Waals surface area (Å²) in [6, 6.07) is 18.3. The lowest BCUT2D eigenvalue weighted by molar-refractivity contribution is -0.120. The molecule has 5 nitrogen and oxygen atoms in total. The van der Waals surface area contributed by atoms with Crippen molar-refractivity contribution in [3.05, 3.63) is 94.9 Å². The highest BCUT2D eigenvalue weighted by Crippen LogP contribution is 2.38. The molecular formula is C25H21FN2O3. The van der Waals surface area contributed by atoms with Crippen LogP contribution < -0.4 is 15.0 Å². The zero-order valence-corrected chi connectivity index (χ0v) is 17.4. The van der Waals surface area contributed by atoms with E-state index in [1.54, 1.807) is 36.4 Å². The Hall–Kier alpha value is -3.93. The predicted octanol–water partition coefficient (Wildman–Crippen LogP) is 4.85. The molecule has 3 aromatic rings. The highest BCUT2D eigenvalue weighted by atomic mass is 19.1. The first kappa shape index (κ1) is 20.3. The summed E-state index contributed by atoms with van der Waals surface area (Å²) in [6.45, 7) is 3.74. The highest BCUT2D eigenvalue weighted by Gasteiger charge is 2.41. The van der Waals surface area contributed by atoms with Gasteiger partial charge in [0.25, 0.3) is 11.8 Å². The van der Waals surface area contributed by atoms with E-state index in [4.69, 9.17) is 4.74 Å². The monoisotopic (exact) mass is 416 g/mol. The van der Waals surface area contributed by atoms with Crippen LogP contribution in [-0.2, 0) is 9.59 Å². The molecule has 1 heterocycles. The van der Waals surface area contributed by atoms with Crippen LogP contribution in [0.4, 0.5) is 15.8 Å². The molecule has 0 aromatic heterocycles. The Morgan fingerprint density at radius 1 is 0.903 bits per heavy atom. The van der Waals surface area contributed by atoms with Gasteiger partial charge in [-0.25, -0.2) is 9.29 Å². The van der Waals surface area contributed by atoms with Gasteiger partial charge in [-0.15, -0.1) is 0 Å². The molecule has 0 fully saturated rings. The number of hydrogen-bond donors (Lipinski definition) is 1. The molecule has 3 aromatic carbocycles. The number of halogens is 1. The summed E-state index contributed by atoms with van der Waals surface area (Å²) in [7, 11) is 1.50. The third-order valence-electron chi connectivity index (χ3n) is 5.16. The SMILES string of the molecule is COc1ccccc1C1=C(Nc2cccc(F)c2)C(=O)N(c2cc(C)ccc2C)C1=O. The fourth-order valence-electron chi connectivity index (χ4n) is 3.64. The summed E-state index contributed by atoms with van der Waals surface area (Å²) >= 11 is 0. The molecule has 1 N–H and O–H groups in total. The van der Waals surface area contributed by atoms with Crippen molar-refractivity contribution in [3.8, 4) is 5.75 Å². The van der Waals surface area contributed by atoms with E-state index in [-0.39, 0.29) is 11.3 Å². The summed E-state index contributed by atoms with van der Waals surface area (Å²) in [6.07, 6.45) is 0. The van der Waals surface area contributed by atoms with Gasteiger partial charge in [-0.2, -0.15) is 0 Å². The molecule has 0 saturated carbocycles. The summed E-state index contributed by atoms with van der Waals surface area (Å²) < 4.78 is 19.2. The third kappa shape index (κ3) is 3.68. The molecule has 2 amide bonds. The minimum absolute atomic E-state index is 0.0704. The van der Waals surface area contributed by atoms with Gasteiger partial charge in [0.1, 0.15) is 17.3 Å². The quantitative estimate of drug-likeness (QED) is 0.604. The van der Waals surface area contributed by atoms with Crippen molar-refractivity contribution in [2.24, 2.45) is 0 Å². The Labute approximate surface area is 179 Å². The van der Waals surface area contributed by atoms with Crippen LogP contribution in [0.2, 0.25) is 0 Å². The van der Waals surface area contributed by atoms with Crippen LogP contribution in [0.1, 0.15) is 16.7 Å². The molecule has 0 unspecified atom stereocenters. The van der Waals surface area contributed by atoms with Gasteiger partial charge in [-0.05, 0) is 55.3 Å². The van der Waals surface area contributed by atoms with Crippen LogP contribution in [0.15, 0.2) is 72.4 Å². The van der Waals surface area contributed by atoms with Gasteiger partial charge in [-0.3, -0.25) is 9.59 Å². The number of carbonyl (C=O) groups excluding carboxylic acids is 2. The topological polar surface area (TPSA) is 58.6 Å². The predicted molar refractivity (Wildman–Crippen MR) is 118 cm³/mol. The van der Waals surface area contributed by atoms with Gasteiger partial charge in [0.05, 0.1) is 18.4 Å². The van der Waals surface area contributed by atoms with E-state index in [1.807, 2.05) is 26.0 Å². The third-order valence-corrected chi connectivity index (χ3v) is 5.16. The number of amides is 2. The number of para-hydroxylation sites is 1. The van der Waals surface area contributed by atoms with E-state index in [0.29, 0.717) is 22.7 Å². The molecule has 0 radical (unpaired) electrons. The lowest BCUT2D eigenvalue weighted by Crippen LogP contribution is -2.33. The summed E-state index contributed by atoms with van der Waals surface area (Å²) in [5.74, 6) is -0.974. The maximum absolute atomic E-state index is 13.8. The van der Waals surface area contributed by atoms with E-state index >= 15 is 0 Å². The Balaban J connectivity index is 1.90. The number of anilines is 2. The van der Waals surface area contributed by atoms with Gasteiger partial charge in [0, 0.05) is 11.3 Å². The summed E-state index contributed by atoms with van der Waals surface area (Å²) in [5.41, 5.74) is 3.32. The molecule has 0 bridgehead atoms. The van der Waals surface area contributed by atoms with Crippen molar-refractivity contribution in [1.82, 2.24) is 0 Å². The maximum Gasteiger partial charge on any atom is 0.282 e. The molecule has 0 spiro atoms. The second-order valence-corrected chi connectivity index (χ2v) is 7.32. The second kappa shape index (κ2) is 8.07. The van der Waals surface area contributed by atoms with Crippen LogP contribution in [0.5, 0.6) is 5.75 Å². The van der Waals surface area contributed by atoms with Gasteiger partial charge in [-0.1, -0.05) is 36.4 Å². The number of methoxy groups -OCH3 is 1. The molecule has 0 aliphatic carbocycles. The zero-order chi connectivity index (χ0) is 22.1. The molecule has 1 aliphatic rings. The van der Waals surface area contributed by atoms with E-state index in [9.17, 15) is 14.0 Å². The molecular weight excluding hydrogens is 395 g/mol. The number of nitrogens with zero attached hydrogens (tertiary/aromatic N) is 1. The Morgan fingerprint density at radius 3 is 2.42 bits per heavy atom. The number of benzene rings is 3. The van der Waals surface area contributed by atoms with Crippen molar-refractivity contribution in [1.29, 1.82) is 0 Å². The summed E-state index contributed by atoms with van der Waals surface area (Å²) in [5, 5.41) is 2.97. The average molecular weight is 416 g/mol. The largest absolute Gasteiger partial charge is 0.496 e. The minimum atomic E-state index is -0.510. The van der Waals surface area contributed by atoms with Crippen molar-refractivity contribution in [3.63, 3.8) is 0 Å². The molecule has 6 heteroatoms. The van der Waals surface area contributed by atoms with Crippen molar-refractivity contribution in [2.75, 3.05) is 17.3 Å². The maximum atomic E-state index is 13.8. The fourth-order valence-corrected chi connectivity index (χ4v) is 3.64. The van der Waals surface area contributed by atoms with Crippen LogP contribution in [0, 0.1) is 19.7 Å². The van der Waals surface area contributed by atoms with Crippen molar-refractivity contribution >= 4 is 28.8 Å². The average Bonchev–Trinajstić information content (AvgIpc) is 2.99. The first-order valence-electron chi connectivity index (χ1n) is 9.77. The van der Waals surface area contributed by atoms with Gasteiger partial charge in [0.2, 0.25) is 0 Å². The van der Waals surface area contributed by atoms with E-state index < -0.39 is 17.6 Å². The number of carbonyl (C=O) groups is 2. The molecule has 0 saturated heterocycles. The zero-order valence-electron chi connectivity index (χ0n) is 17.4. The Bertz CT molecular complexity index is 1230. The van der Waals surface area contributed by atoms with Crippen molar-refractivity contribution < 1.29 is 18.7 Å². The number of aryl methyl sites for hydroxylation is 2. The first-order valence-corrected chi connectivity index (χ1v) is 9.77. The van der Waals surface area contributed by atoms with Gasteiger partial charge in [0.15, 0.2) is 0 Å². The highest BCUT2D eigenvalue weighted by molar-refractivity contribution is 6.46. The summed E-state index contributed by atoms with van der Waals surface area (Å²) in [4.78, 5) is 28.3. The van der Waals surface area contributed by atoms with E-state index in [2.05, 4.69) is 5.32 Å². The number of nitrogens with one attached hydrogen (secondary N) is 1. The van der Waals surface area contributed by atoms with Crippen LogP contribution in [-0.4, -0.2) is 18.9 Å². The molecule has 31 heavy (non-hydrogen) atoms. The first-order chi connectivity index (χ1) is 14.9. The fraction of sp³-hybridized carbons (Fsp3) is 0.120. The number of ether oxygens (including phenoxy) is 1. The standard InChI is InChI=1S/C25H21FN2O3/c1-15-11-12-16(2)20(13-15)28-24(29)22(19-9-4-5-10-21(19)31-3)23(25(28)30)27-18-8-6-7-17(26)14-18/h4-14,27H,1-3H3. The number of imide groups is 1. The lowest BCUT2D eigenvalue weighted by atomic mass is 10.0. The van der Waals surface area contributed by atoms with E-state index in [0.717, 1.165) is 16.0 Å². The smallest absolute Gasteiger partial charge is 0.282 e. The molecule has 156 valence electrons. The molecule has 1 aliphatic heterocycles. The Kier molecular flexibility index (Phi) is 5.29. The Morgan fingerprint density at radius 2 is 1.68 bits per heavy atom.